The summed E-state index contributed by atoms with van der Waals surface area (Å²) in [6.45, 7) is 0.800. The maximum atomic E-state index is 6.37. The highest BCUT2D eigenvalue weighted by atomic mass is 79.9. The lowest BCUT2D eigenvalue weighted by atomic mass is 9.72. The van der Waals surface area contributed by atoms with E-state index in [0.717, 1.165) is 36.1 Å². The van der Waals surface area contributed by atoms with E-state index in [4.69, 9.17) is 10.5 Å². The monoisotopic (exact) mass is 267 g/mol. The van der Waals surface area contributed by atoms with Crippen molar-refractivity contribution in [1.82, 2.24) is 0 Å². The van der Waals surface area contributed by atoms with Crippen LogP contribution in [0.1, 0.15) is 30.4 Å². The first-order valence-electron chi connectivity index (χ1n) is 5.44. The van der Waals surface area contributed by atoms with E-state index in [-0.39, 0.29) is 5.54 Å². The molecule has 1 aromatic carbocycles. The first-order valence-corrected chi connectivity index (χ1v) is 6.23. The van der Waals surface area contributed by atoms with Gasteiger partial charge in [-0.25, -0.2) is 0 Å². The number of halogens is 1. The van der Waals surface area contributed by atoms with Gasteiger partial charge in [-0.2, -0.15) is 0 Å². The second-order valence-electron chi connectivity index (χ2n) is 4.55. The van der Waals surface area contributed by atoms with Gasteiger partial charge in [-0.1, -0.05) is 15.9 Å². The Balaban J connectivity index is 2.14. The molecule has 2 aliphatic rings. The molecule has 1 heterocycles. The van der Waals surface area contributed by atoms with Crippen LogP contribution in [0.2, 0.25) is 0 Å². The summed E-state index contributed by atoms with van der Waals surface area (Å²) in [5.41, 5.74) is 8.74. The second kappa shape index (κ2) is 3.22. The average Bonchev–Trinajstić information content (AvgIpc) is 2.60. The van der Waals surface area contributed by atoms with Gasteiger partial charge in [-0.05, 0) is 37.0 Å². The van der Waals surface area contributed by atoms with E-state index in [9.17, 15) is 0 Å². The van der Waals surface area contributed by atoms with Crippen molar-refractivity contribution < 1.29 is 4.74 Å². The minimum atomic E-state index is -0.127. The molecule has 15 heavy (non-hydrogen) atoms. The van der Waals surface area contributed by atoms with Gasteiger partial charge in [0.1, 0.15) is 5.75 Å². The third-order valence-electron chi connectivity index (χ3n) is 3.53. The van der Waals surface area contributed by atoms with Gasteiger partial charge in [0, 0.05) is 22.0 Å². The van der Waals surface area contributed by atoms with Gasteiger partial charge >= 0.3 is 0 Å². The Morgan fingerprint density at radius 2 is 2.13 bits per heavy atom. The summed E-state index contributed by atoms with van der Waals surface area (Å²) >= 11 is 3.55. The van der Waals surface area contributed by atoms with E-state index < -0.39 is 0 Å². The summed E-state index contributed by atoms with van der Waals surface area (Å²) in [6, 6.07) is 4.27. The fourth-order valence-corrected chi connectivity index (χ4v) is 2.97. The lowest BCUT2D eigenvalue weighted by Gasteiger charge is -2.39. The summed E-state index contributed by atoms with van der Waals surface area (Å²) in [4.78, 5) is 0. The van der Waals surface area contributed by atoms with Crippen LogP contribution in [0.4, 0.5) is 0 Å². The molecule has 1 fully saturated rings. The molecule has 0 bridgehead atoms. The number of nitrogens with two attached hydrogens (primary N) is 1. The highest BCUT2D eigenvalue weighted by Gasteiger charge is 2.38. The third kappa shape index (κ3) is 1.41. The normalized spacial score (nSPS) is 21.7. The summed E-state index contributed by atoms with van der Waals surface area (Å²) in [5.74, 6) is 1.06. The topological polar surface area (TPSA) is 35.2 Å². The SMILES string of the molecule is NC1(c2cc(Br)cc3c2OCC3)CCC1. The van der Waals surface area contributed by atoms with Gasteiger partial charge in [0.15, 0.2) is 0 Å². The van der Waals surface area contributed by atoms with Crippen LogP contribution >= 0.6 is 15.9 Å². The van der Waals surface area contributed by atoms with E-state index in [0.29, 0.717) is 0 Å². The van der Waals surface area contributed by atoms with Gasteiger partial charge in [-0.15, -0.1) is 0 Å². The van der Waals surface area contributed by atoms with Crippen LogP contribution in [0.5, 0.6) is 5.75 Å². The molecule has 0 saturated heterocycles. The van der Waals surface area contributed by atoms with Gasteiger partial charge in [0.2, 0.25) is 0 Å². The minimum Gasteiger partial charge on any atom is -0.493 e. The van der Waals surface area contributed by atoms with E-state index >= 15 is 0 Å². The zero-order valence-corrected chi connectivity index (χ0v) is 10.1. The van der Waals surface area contributed by atoms with Crippen LogP contribution in [-0.2, 0) is 12.0 Å². The van der Waals surface area contributed by atoms with Crippen molar-refractivity contribution in [2.75, 3.05) is 6.61 Å². The van der Waals surface area contributed by atoms with Crippen molar-refractivity contribution in [3.05, 3.63) is 27.7 Å². The number of hydrogen-bond acceptors (Lipinski definition) is 2. The van der Waals surface area contributed by atoms with Crippen LogP contribution in [0, 0.1) is 0 Å². The largest absolute Gasteiger partial charge is 0.493 e. The van der Waals surface area contributed by atoms with Crippen LogP contribution in [0.15, 0.2) is 16.6 Å². The zero-order valence-electron chi connectivity index (χ0n) is 8.55. The van der Waals surface area contributed by atoms with Crippen molar-refractivity contribution in [3.63, 3.8) is 0 Å². The maximum Gasteiger partial charge on any atom is 0.127 e. The van der Waals surface area contributed by atoms with Crippen molar-refractivity contribution >= 4 is 15.9 Å². The van der Waals surface area contributed by atoms with Crippen LogP contribution < -0.4 is 10.5 Å². The maximum absolute atomic E-state index is 6.37. The minimum absolute atomic E-state index is 0.127. The highest BCUT2D eigenvalue weighted by Crippen LogP contribution is 2.46. The fourth-order valence-electron chi connectivity index (χ4n) is 2.47. The molecule has 1 aliphatic heterocycles. The molecule has 1 aliphatic carbocycles. The Morgan fingerprint density at radius 1 is 1.33 bits per heavy atom. The number of hydrogen-bond donors (Lipinski definition) is 1. The van der Waals surface area contributed by atoms with E-state index in [1.165, 1.54) is 17.5 Å². The molecule has 0 amide bonds. The molecule has 0 atom stereocenters. The molecule has 1 aromatic rings. The Labute approximate surface area is 97.9 Å². The number of rotatable bonds is 1. The summed E-state index contributed by atoms with van der Waals surface area (Å²) in [6.07, 6.45) is 4.41. The Kier molecular flexibility index (Phi) is 2.08. The first-order chi connectivity index (χ1) is 7.19. The van der Waals surface area contributed by atoms with Crippen molar-refractivity contribution in [2.45, 2.75) is 31.2 Å². The highest BCUT2D eigenvalue weighted by molar-refractivity contribution is 9.10. The number of fused-ring (bicyclic) bond motifs is 1. The summed E-state index contributed by atoms with van der Waals surface area (Å²) in [5, 5.41) is 0. The second-order valence-corrected chi connectivity index (χ2v) is 5.47. The smallest absolute Gasteiger partial charge is 0.127 e. The number of benzene rings is 1. The Hall–Kier alpha value is -0.540. The van der Waals surface area contributed by atoms with E-state index in [1.54, 1.807) is 0 Å². The molecule has 2 N–H and O–H groups in total. The molecule has 0 aromatic heterocycles. The standard InChI is InChI=1S/C12H14BrNO/c13-9-6-8-2-5-15-11(8)10(7-9)12(14)3-1-4-12/h6-7H,1-5,14H2. The van der Waals surface area contributed by atoms with Crippen molar-refractivity contribution in [1.29, 1.82) is 0 Å². The zero-order chi connectivity index (χ0) is 10.5. The molecule has 0 spiro atoms. The van der Waals surface area contributed by atoms with Crippen LogP contribution in [0.3, 0.4) is 0 Å². The predicted molar refractivity (Wildman–Crippen MR) is 63.1 cm³/mol. The quantitative estimate of drug-likeness (QED) is 0.850. The molecule has 80 valence electrons. The van der Waals surface area contributed by atoms with Crippen molar-refractivity contribution in [2.24, 2.45) is 5.73 Å². The Morgan fingerprint density at radius 3 is 2.80 bits per heavy atom. The molecule has 1 saturated carbocycles. The fraction of sp³-hybridized carbons (Fsp3) is 0.500. The first kappa shape index (κ1) is 9.67. The van der Waals surface area contributed by atoms with Gasteiger partial charge in [0.05, 0.1) is 6.61 Å². The third-order valence-corrected chi connectivity index (χ3v) is 3.99. The molecule has 3 heteroatoms. The van der Waals surface area contributed by atoms with Gasteiger partial charge in [-0.3, -0.25) is 0 Å². The van der Waals surface area contributed by atoms with Crippen LogP contribution in [0.25, 0.3) is 0 Å². The molecular weight excluding hydrogens is 254 g/mol. The van der Waals surface area contributed by atoms with Gasteiger partial charge in [0.25, 0.3) is 0 Å². The van der Waals surface area contributed by atoms with Crippen molar-refractivity contribution in [3.8, 4) is 5.75 Å². The van der Waals surface area contributed by atoms with Gasteiger partial charge < -0.3 is 10.5 Å². The molecule has 0 unspecified atom stereocenters. The molecular formula is C12H14BrNO. The summed E-state index contributed by atoms with van der Waals surface area (Å²) in [7, 11) is 0. The summed E-state index contributed by atoms with van der Waals surface area (Å²) < 4.78 is 6.83. The lowest BCUT2D eigenvalue weighted by Crippen LogP contribution is -2.43. The average molecular weight is 268 g/mol. The Bertz CT molecular complexity index is 412. The predicted octanol–water partition coefficient (Wildman–Crippen LogP) is 2.72. The molecule has 2 nitrogen and oxygen atoms in total. The van der Waals surface area contributed by atoms with E-state index in [2.05, 4.69) is 28.1 Å². The molecule has 0 radical (unpaired) electrons. The number of ether oxygens (including phenoxy) is 1. The van der Waals surface area contributed by atoms with Crippen LogP contribution in [-0.4, -0.2) is 6.61 Å². The lowest BCUT2D eigenvalue weighted by molar-refractivity contribution is 0.241. The van der Waals surface area contributed by atoms with E-state index in [1.807, 2.05) is 0 Å². The molecule has 3 rings (SSSR count).